The quantitative estimate of drug-likeness (QED) is 0.494. The van der Waals surface area contributed by atoms with Crippen molar-refractivity contribution in [3.05, 3.63) is 23.8 Å². The lowest BCUT2D eigenvalue weighted by Crippen LogP contribution is -2.53. The Morgan fingerprint density at radius 3 is 2.69 bits per heavy atom. The first kappa shape index (κ1) is 20.5. The molecular formula is C18H27N3O4S. The molecule has 1 heterocycles. The highest BCUT2D eigenvalue weighted by Crippen LogP contribution is 2.33. The predicted octanol–water partition coefficient (Wildman–Crippen LogP) is 1.46. The second kappa shape index (κ2) is 9.25. The van der Waals surface area contributed by atoms with Crippen molar-refractivity contribution in [1.82, 2.24) is 10.2 Å². The van der Waals surface area contributed by atoms with Crippen molar-refractivity contribution in [2.75, 3.05) is 25.8 Å². The Morgan fingerprint density at radius 2 is 2.00 bits per heavy atom. The first-order chi connectivity index (χ1) is 12.3. The summed E-state index contributed by atoms with van der Waals surface area (Å²) < 4.78 is 10.6. The predicted molar refractivity (Wildman–Crippen MR) is 103 cm³/mol. The zero-order valence-electron chi connectivity index (χ0n) is 15.7. The Labute approximate surface area is 158 Å². The fourth-order valence-electron chi connectivity index (χ4n) is 2.60. The molecule has 0 saturated carbocycles. The number of ether oxygens (including phenoxy) is 2. The maximum atomic E-state index is 12.8. The first-order valence-corrected chi connectivity index (χ1v) is 9.95. The number of rotatable bonds is 9. The van der Waals surface area contributed by atoms with E-state index < -0.39 is 12.1 Å². The molecule has 1 aromatic rings. The molecule has 1 aliphatic heterocycles. The molecule has 1 amide bonds. The van der Waals surface area contributed by atoms with E-state index in [0.717, 1.165) is 5.75 Å². The number of benzene rings is 1. The summed E-state index contributed by atoms with van der Waals surface area (Å²) in [5.74, 6) is 1.78. The van der Waals surface area contributed by atoms with Crippen molar-refractivity contribution in [3.63, 3.8) is 0 Å². The molecule has 8 heteroatoms. The summed E-state index contributed by atoms with van der Waals surface area (Å²) in [6, 6.07) is 4.18. The van der Waals surface area contributed by atoms with E-state index >= 15 is 0 Å². The van der Waals surface area contributed by atoms with Crippen molar-refractivity contribution in [3.8, 4) is 11.5 Å². The smallest absolute Gasteiger partial charge is 0.238 e. The van der Waals surface area contributed by atoms with Gasteiger partial charge in [-0.3, -0.25) is 14.5 Å². The van der Waals surface area contributed by atoms with Crippen LogP contribution in [0.4, 0.5) is 0 Å². The highest BCUT2D eigenvalue weighted by molar-refractivity contribution is 7.98. The van der Waals surface area contributed by atoms with Gasteiger partial charge in [-0.05, 0) is 57.5 Å². The number of likely N-dealkylation sites (N-methyl/N-ethyl adjacent to an activating group) is 1. The van der Waals surface area contributed by atoms with E-state index in [-0.39, 0.29) is 24.6 Å². The third-order valence-corrected chi connectivity index (χ3v) is 5.22. The minimum absolute atomic E-state index is 0.0569. The fourth-order valence-corrected chi connectivity index (χ4v) is 3.09. The summed E-state index contributed by atoms with van der Waals surface area (Å²) >= 11 is 1.65. The molecule has 0 aromatic heterocycles. The number of nitrogens with one attached hydrogen (secondary N) is 1. The highest BCUT2D eigenvalue weighted by Gasteiger charge is 2.26. The molecule has 0 radical (unpaired) electrons. The third kappa shape index (κ3) is 4.90. The number of carbonyl (C=O) groups excluding carboxylic acids is 2. The monoisotopic (exact) mass is 381 g/mol. The lowest BCUT2D eigenvalue weighted by molar-refractivity contribution is -0.124. The second-order valence-corrected chi connectivity index (χ2v) is 7.33. The molecule has 2 rings (SSSR count). The van der Waals surface area contributed by atoms with E-state index in [9.17, 15) is 9.59 Å². The van der Waals surface area contributed by atoms with Crippen LogP contribution in [-0.4, -0.2) is 60.7 Å². The number of ketones is 1. The van der Waals surface area contributed by atoms with Gasteiger partial charge in [-0.2, -0.15) is 11.8 Å². The molecule has 3 N–H and O–H groups in total. The number of amides is 1. The van der Waals surface area contributed by atoms with Gasteiger partial charge in [0.15, 0.2) is 17.3 Å². The largest absolute Gasteiger partial charge is 0.454 e. The van der Waals surface area contributed by atoms with Crippen LogP contribution in [0.1, 0.15) is 30.6 Å². The highest BCUT2D eigenvalue weighted by atomic mass is 32.2. The number of nitrogens with zero attached hydrogens (tertiary/aromatic N) is 1. The van der Waals surface area contributed by atoms with Gasteiger partial charge in [0.25, 0.3) is 0 Å². The lowest BCUT2D eigenvalue weighted by atomic mass is 10.0. The Kier molecular flexibility index (Phi) is 7.31. The van der Waals surface area contributed by atoms with Crippen LogP contribution in [0.3, 0.4) is 0 Å². The average Bonchev–Trinajstić information content (AvgIpc) is 3.11. The van der Waals surface area contributed by atoms with Crippen molar-refractivity contribution in [2.45, 2.75) is 38.5 Å². The molecule has 1 aliphatic rings. The van der Waals surface area contributed by atoms with Gasteiger partial charge in [0.2, 0.25) is 12.7 Å². The Balaban J connectivity index is 1.95. The number of carbonyl (C=O) groups is 2. The number of thioether (sulfide) groups is 1. The van der Waals surface area contributed by atoms with Gasteiger partial charge < -0.3 is 20.5 Å². The molecular weight excluding hydrogens is 354 g/mol. The molecule has 0 bridgehead atoms. The van der Waals surface area contributed by atoms with E-state index in [1.165, 1.54) is 0 Å². The van der Waals surface area contributed by atoms with Gasteiger partial charge in [-0.15, -0.1) is 0 Å². The second-order valence-electron chi connectivity index (χ2n) is 6.35. The van der Waals surface area contributed by atoms with Crippen LogP contribution < -0.4 is 20.5 Å². The van der Waals surface area contributed by atoms with Crippen molar-refractivity contribution < 1.29 is 19.1 Å². The molecule has 7 nitrogen and oxygen atoms in total. The van der Waals surface area contributed by atoms with Crippen LogP contribution >= 0.6 is 11.8 Å². The summed E-state index contributed by atoms with van der Waals surface area (Å²) in [5.41, 5.74) is 6.44. The van der Waals surface area contributed by atoms with Crippen molar-refractivity contribution >= 4 is 23.5 Å². The van der Waals surface area contributed by atoms with Gasteiger partial charge >= 0.3 is 0 Å². The number of fused-ring (bicyclic) bond motifs is 1. The van der Waals surface area contributed by atoms with E-state index in [2.05, 4.69) is 5.32 Å². The van der Waals surface area contributed by atoms with Crippen LogP contribution in [0.15, 0.2) is 18.2 Å². The Bertz CT molecular complexity index is 655. The molecule has 0 aliphatic carbocycles. The number of Topliss-reactive ketones (excluding diaryl/α,β-unsaturated/α-hetero) is 1. The summed E-state index contributed by atoms with van der Waals surface area (Å²) in [6.45, 7) is 3.81. The SMILES string of the molecule is CSCCC(N)C(=O)NC(C)N(C)C(C)C(=O)c1ccc2c(c1)OCO2. The standard InChI is InChI=1S/C18H27N3O4S/c1-11(17(22)13-5-6-15-16(9-13)25-10-24-15)21(3)12(2)20-18(23)14(19)7-8-26-4/h5-6,9,11-12,14H,7-8,10,19H2,1-4H3,(H,20,23). The van der Waals surface area contributed by atoms with Gasteiger partial charge in [0, 0.05) is 5.56 Å². The lowest BCUT2D eigenvalue weighted by Gasteiger charge is -2.31. The molecule has 0 fully saturated rings. The third-order valence-electron chi connectivity index (χ3n) is 4.58. The molecule has 26 heavy (non-hydrogen) atoms. The van der Waals surface area contributed by atoms with E-state index in [1.807, 2.05) is 25.0 Å². The van der Waals surface area contributed by atoms with E-state index in [0.29, 0.717) is 23.5 Å². The van der Waals surface area contributed by atoms with Crippen LogP contribution in [0.5, 0.6) is 11.5 Å². The van der Waals surface area contributed by atoms with Gasteiger partial charge in [0.05, 0.1) is 18.2 Å². The summed E-state index contributed by atoms with van der Waals surface area (Å²) in [7, 11) is 1.80. The van der Waals surface area contributed by atoms with Gasteiger partial charge in [-0.1, -0.05) is 0 Å². The Morgan fingerprint density at radius 1 is 1.31 bits per heavy atom. The van der Waals surface area contributed by atoms with Crippen LogP contribution in [0.25, 0.3) is 0 Å². The summed E-state index contributed by atoms with van der Waals surface area (Å²) in [5, 5.41) is 2.87. The normalized spacial score (nSPS) is 16.2. The minimum Gasteiger partial charge on any atom is -0.454 e. The van der Waals surface area contributed by atoms with Crippen LogP contribution in [-0.2, 0) is 4.79 Å². The number of hydrogen-bond acceptors (Lipinski definition) is 7. The summed E-state index contributed by atoms with van der Waals surface area (Å²) in [4.78, 5) is 26.8. The van der Waals surface area contributed by atoms with E-state index in [4.69, 9.17) is 15.2 Å². The molecule has 0 spiro atoms. The molecule has 0 saturated heterocycles. The minimum atomic E-state index is -0.543. The maximum absolute atomic E-state index is 12.8. The van der Waals surface area contributed by atoms with Crippen molar-refractivity contribution in [1.29, 1.82) is 0 Å². The Hall–Kier alpha value is -1.77. The van der Waals surface area contributed by atoms with Crippen LogP contribution in [0.2, 0.25) is 0 Å². The molecule has 144 valence electrons. The molecule has 3 atom stereocenters. The molecule has 3 unspecified atom stereocenters. The number of hydrogen-bond donors (Lipinski definition) is 2. The summed E-state index contributed by atoms with van der Waals surface area (Å²) in [6.07, 6.45) is 2.27. The maximum Gasteiger partial charge on any atom is 0.238 e. The van der Waals surface area contributed by atoms with Gasteiger partial charge in [-0.25, -0.2) is 0 Å². The fraction of sp³-hybridized carbons (Fsp3) is 0.556. The van der Waals surface area contributed by atoms with Crippen molar-refractivity contribution in [2.24, 2.45) is 5.73 Å². The first-order valence-electron chi connectivity index (χ1n) is 8.55. The zero-order chi connectivity index (χ0) is 19.3. The number of nitrogens with two attached hydrogens (primary N) is 1. The zero-order valence-corrected chi connectivity index (χ0v) is 16.5. The van der Waals surface area contributed by atoms with E-state index in [1.54, 1.807) is 37.0 Å². The topological polar surface area (TPSA) is 93.9 Å². The molecule has 1 aromatic carbocycles. The average molecular weight is 381 g/mol. The van der Waals surface area contributed by atoms with Gasteiger partial charge in [0.1, 0.15) is 0 Å². The van der Waals surface area contributed by atoms with Crippen LogP contribution in [0, 0.1) is 0 Å².